The molecule has 20 heavy (non-hydrogen) atoms. The van der Waals surface area contributed by atoms with E-state index < -0.39 is 10.0 Å². The molecule has 114 valence electrons. The van der Waals surface area contributed by atoms with Gasteiger partial charge in [0.15, 0.2) is 0 Å². The van der Waals surface area contributed by atoms with Gasteiger partial charge in [-0.3, -0.25) is 0 Å². The Morgan fingerprint density at radius 1 is 1.15 bits per heavy atom. The Morgan fingerprint density at radius 2 is 1.75 bits per heavy atom. The van der Waals surface area contributed by atoms with Crippen molar-refractivity contribution in [3.8, 4) is 0 Å². The van der Waals surface area contributed by atoms with E-state index in [-0.39, 0.29) is 6.04 Å². The van der Waals surface area contributed by atoms with E-state index >= 15 is 0 Å². The van der Waals surface area contributed by atoms with Gasteiger partial charge in [-0.1, -0.05) is 32.0 Å². The van der Waals surface area contributed by atoms with Crippen molar-refractivity contribution in [1.29, 1.82) is 0 Å². The van der Waals surface area contributed by atoms with Crippen LogP contribution in [0.1, 0.15) is 33.3 Å². The molecule has 0 radical (unpaired) electrons. The standard InChI is InChI=1S/C15H26N2O2S/c1-12(2)11-17(13(3)4)20(18,19)15-9-7-6-8-14(15)10-16-5/h6-9,12-13,16H,10-11H2,1-5H3. The first-order chi connectivity index (χ1) is 9.30. The lowest BCUT2D eigenvalue weighted by Gasteiger charge is -2.28. The van der Waals surface area contributed by atoms with Crippen LogP contribution in [0.3, 0.4) is 0 Å². The normalized spacial score (nSPS) is 12.6. The van der Waals surface area contributed by atoms with Crippen LogP contribution in [0.4, 0.5) is 0 Å². The van der Waals surface area contributed by atoms with Gasteiger partial charge < -0.3 is 5.32 Å². The summed E-state index contributed by atoms with van der Waals surface area (Å²) in [4.78, 5) is 0.406. The van der Waals surface area contributed by atoms with Crippen molar-refractivity contribution in [2.45, 2.75) is 45.2 Å². The maximum Gasteiger partial charge on any atom is 0.243 e. The van der Waals surface area contributed by atoms with E-state index in [2.05, 4.69) is 5.32 Å². The fourth-order valence-corrected chi connectivity index (χ4v) is 4.19. The maximum absolute atomic E-state index is 12.9. The quantitative estimate of drug-likeness (QED) is 0.841. The van der Waals surface area contributed by atoms with Gasteiger partial charge in [0.1, 0.15) is 0 Å². The molecule has 1 rings (SSSR count). The van der Waals surface area contributed by atoms with Crippen molar-refractivity contribution in [2.24, 2.45) is 5.92 Å². The molecule has 0 atom stereocenters. The van der Waals surface area contributed by atoms with Gasteiger partial charge in [-0.2, -0.15) is 4.31 Å². The highest BCUT2D eigenvalue weighted by Gasteiger charge is 2.29. The third-order valence-corrected chi connectivity index (χ3v) is 5.19. The predicted molar refractivity (Wildman–Crippen MR) is 83.1 cm³/mol. The highest BCUT2D eigenvalue weighted by molar-refractivity contribution is 7.89. The summed E-state index contributed by atoms with van der Waals surface area (Å²) >= 11 is 0. The molecule has 0 heterocycles. The molecular formula is C15H26N2O2S. The Morgan fingerprint density at radius 3 is 2.25 bits per heavy atom. The van der Waals surface area contributed by atoms with E-state index in [0.29, 0.717) is 23.9 Å². The number of sulfonamides is 1. The average molecular weight is 298 g/mol. The van der Waals surface area contributed by atoms with E-state index in [4.69, 9.17) is 0 Å². The summed E-state index contributed by atoms with van der Waals surface area (Å²) in [5, 5.41) is 3.02. The Labute approximate surface area is 123 Å². The zero-order valence-corrected chi connectivity index (χ0v) is 13.9. The predicted octanol–water partition coefficient (Wildman–Crippen LogP) is 2.46. The van der Waals surface area contributed by atoms with Crippen LogP contribution in [0.2, 0.25) is 0 Å². The monoisotopic (exact) mass is 298 g/mol. The van der Waals surface area contributed by atoms with Gasteiger partial charge in [0.25, 0.3) is 0 Å². The van der Waals surface area contributed by atoms with Crippen molar-refractivity contribution in [2.75, 3.05) is 13.6 Å². The van der Waals surface area contributed by atoms with Gasteiger partial charge >= 0.3 is 0 Å². The molecule has 0 aliphatic carbocycles. The Balaban J connectivity index is 3.26. The molecule has 0 fully saturated rings. The van der Waals surface area contributed by atoms with Gasteiger partial charge in [0.05, 0.1) is 4.90 Å². The first-order valence-electron chi connectivity index (χ1n) is 7.05. The Kier molecular flexibility index (Phi) is 6.17. The van der Waals surface area contributed by atoms with Crippen molar-refractivity contribution >= 4 is 10.0 Å². The SMILES string of the molecule is CNCc1ccccc1S(=O)(=O)N(CC(C)C)C(C)C. The summed E-state index contributed by atoms with van der Waals surface area (Å²) in [6.07, 6.45) is 0. The van der Waals surface area contributed by atoms with Gasteiger partial charge in [-0.25, -0.2) is 8.42 Å². The average Bonchev–Trinajstić information content (AvgIpc) is 2.36. The lowest BCUT2D eigenvalue weighted by atomic mass is 10.2. The number of hydrogen-bond donors (Lipinski definition) is 1. The molecule has 0 aliphatic heterocycles. The zero-order chi connectivity index (χ0) is 15.3. The van der Waals surface area contributed by atoms with Gasteiger partial charge in [0, 0.05) is 19.1 Å². The van der Waals surface area contributed by atoms with Crippen molar-refractivity contribution < 1.29 is 8.42 Å². The summed E-state index contributed by atoms with van der Waals surface area (Å²) in [5.41, 5.74) is 0.810. The second-order valence-corrected chi connectivity index (χ2v) is 7.56. The molecule has 0 bridgehead atoms. The molecule has 1 aromatic rings. The van der Waals surface area contributed by atoms with Crippen LogP contribution in [0.5, 0.6) is 0 Å². The van der Waals surface area contributed by atoms with Crippen LogP contribution < -0.4 is 5.32 Å². The van der Waals surface area contributed by atoms with E-state index in [1.165, 1.54) is 0 Å². The van der Waals surface area contributed by atoms with Crippen LogP contribution in [-0.4, -0.2) is 32.4 Å². The molecule has 1 aromatic carbocycles. The van der Waals surface area contributed by atoms with Crippen molar-refractivity contribution in [3.05, 3.63) is 29.8 Å². The zero-order valence-electron chi connectivity index (χ0n) is 13.1. The van der Waals surface area contributed by atoms with Gasteiger partial charge in [-0.05, 0) is 38.4 Å². The molecule has 0 saturated heterocycles. The number of nitrogens with zero attached hydrogens (tertiary/aromatic N) is 1. The van der Waals surface area contributed by atoms with Crippen LogP contribution in [0.25, 0.3) is 0 Å². The molecular weight excluding hydrogens is 272 g/mol. The largest absolute Gasteiger partial charge is 0.316 e. The minimum atomic E-state index is -3.45. The van der Waals surface area contributed by atoms with Crippen LogP contribution in [-0.2, 0) is 16.6 Å². The highest BCUT2D eigenvalue weighted by atomic mass is 32.2. The van der Waals surface area contributed by atoms with Crippen molar-refractivity contribution in [1.82, 2.24) is 9.62 Å². The molecule has 0 aromatic heterocycles. The molecule has 0 saturated carbocycles. The molecule has 0 aliphatic rings. The summed E-state index contributed by atoms with van der Waals surface area (Å²) in [7, 11) is -1.64. The van der Waals surface area contributed by atoms with Crippen LogP contribution in [0.15, 0.2) is 29.2 Å². The first kappa shape index (κ1) is 17.1. The fraction of sp³-hybridized carbons (Fsp3) is 0.600. The van der Waals surface area contributed by atoms with Gasteiger partial charge in [0.2, 0.25) is 10.0 Å². The molecule has 1 N–H and O–H groups in total. The van der Waals surface area contributed by atoms with E-state index in [1.807, 2.05) is 46.9 Å². The second kappa shape index (κ2) is 7.20. The molecule has 4 nitrogen and oxygen atoms in total. The molecule has 0 amide bonds. The summed E-state index contributed by atoms with van der Waals surface area (Å²) in [6.45, 7) is 8.98. The molecule has 0 spiro atoms. The van der Waals surface area contributed by atoms with E-state index in [0.717, 1.165) is 5.56 Å². The highest BCUT2D eigenvalue weighted by Crippen LogP contribution is 2.23. The minimum Gasteiger partial charge on any atom is -0.316 e. The smallest absolute Gasteiger partial charge is 0.243 e. The second-order valence-electron chi connectivity index (χ2n) is 5.70. The van der Waals surface area contributed by atoms with Crippen LogP contribution in [0, 0.1) is 5.92 Å². The molecule has 0 unspecified atom stereocenters. The lowest BCUT2D eigenvalue weighted by Crippen LogP contribution is -2.40. The third-order valence-electron chi connectivity index (χ3n) is 3.05. The Bertz CT molecular complexity index is 524. The summed E-state index contributed by atoms with van der Waals surface area (Å²) < 4.78 is 27.4. The van der Waals surface area contributed by atoms with E-state index in [9.17, 15) is 8.42 Å². The number of benzene rings is 1. The third kappa shape index (κ3) is 4.04. The lowest BCUT2D eigenvalue weighted by molar-refractivity contribution is 0.318. The number of nitrogens with one attached hydrogen (secondary N) is 1. The number of rotatable bonds is 7. The first-order valence-corrected chi connectivity index (χ1v) is 8.49. The van der Waals surface area contributed by atoms with Crippen LogP contribution >= 0.6 is 0 Å². The maximum atomic E-state index is 12.9. The summed E-state index contributed by atoms with van der Waals surface area (Å²) in [5.74, 6) is 0.295. The Hall–Kier alpha value is -0.910. The fourth-order valence-electron chi connectivity index (χ4n) is 2.16. The van der Waals surface area contributed by atoms with Crippen molar-refractivity contribution in [3.63, 3.8) is 0 Å². The summed E-state index contributed by atoms with van der Waals surface area (Å²) in [6, 6.07) is 7.15. The minimum absolute atomic E-state index is 0.0509. The van der Waals surface area contributed by atoms with E-state index in [1.54, 1.807) is 16.4 Å². The van der Waals surface area contributed by atoms with Gasteiger partial charge in [-0.15, -0.1) is 0 Å². The number of hydrogen-bond acceptors (Lipinski definition) is 3. The molecule has 5 heteroatoms. The topological polar surface area (TPSA) is 49.4 Å².